The molecule has 0 aromatic rings. The normalized spacial score (nSPS) is 13.8. The number of aliphatic carboxylic acids is 2. The van der Waals surface area contributed by atoms with Crippen LogP contribution in [-0.2, 0) is 14.4 Å². The van der Waals surface area contributed by atoms with Gasteiger partial charge in [0.25, 0.3) is 0 Å². The van der Waals surface area contributed by atoms with Crippen molar-refractivity contribution >= 4 is 17.7 Å². The van der Waals surface area contributed by atoms with Crippen molar-refractivity contribution in [3.8, 4) is 0 Å². The number of carbonyl (C=O) groups excluding carboxylic acids is 1. The molecule has 112 valence electrons. The van der Waals surface area contributed by atoms with Crippen LogP contribution >= 0.6 is 0 Å². The average Bonchev–Trinajstić information content (AvgIpc) is 2.36. The van der Waals surface area contributed by atoms with Gasteiger partial charge in [-0.3, -0.25) is 4.79 Å². The second kappa shape index (κ2) is 8.57. The van der Waals surface area contributed by atoms with E-state index >= 15 is 0 Å². The van der Waals surface area contributed by atoms with Crippen LogP contribution in [0.5, 0.6) is 0 Å². The van der Waals surface area contributed by atoms with E-state index in [0.717, 1.165) is 0 Å². The fourth-order valence-electron chi connectivity index (χ4n) is 0.705. The summed E-state index contributed by atoms with van der Waals surface area (Å²) in [7, 11) is 0. The van der Waals surface area contributed by atoms with Crippen molar-refractivity contribution in [2.75, 3.05) is 13.2 Å². The van der Waals surface area contributed by atoms with E-state index in [1.165, 1.54) is 20.8 Å². The van der Waals surface area contributed by atoms with E-state index in [4.69, 9.17) is 25.5 Å². The molecule has 8 nitrogen and oxygen atoms in total. The van der Waals surface area contributed by atoms with Crippen molar-refractivity contribution in [1.29, 1.82) is 0 Å². The highest BCUT2D eigenvalue weighted by molar-refractivity contribution is 6.34. The molecule has 0 saturated heterocycles. The lowest BCUT2D eigenvalue weighted by Gasteiger charge is -2.15. The molecule has 2 atom stereocenters. The van der Waals surface area contributed by atoms with Crippen LogP contribution < -0.4 is 0 Å². The Morgan fingerprint density at radius 3 is 1.63 bits per heavy atom. The Hall–Kier alpha value is -1.51. The van der Waals surface area contributed by atoms with Crippen LogP contribution in [-0.4, -0.2) is 62.6 Å². The first-order chi connectivity index (χ1) is 8.51. The van der Waals surface area contributed by atoms with E-state index in [1.54, 1.807) is 0 Å². The van der Waals surface area contributed by atoms with Crippen molar-refractivity contribution in [3.63, 3.8) is 0 Å². The van der Waals surface area contributed by atoms with Crippen LogP contribution in [0.2, 0.25) is 0 Å². The third kappa shape index (κ3) is 7.50. The van der Waals surface area contributed by atoms with Gasteiger partial charge >= 0.3 is 11.9 Å². The Labute approximate surface area is 110 Å². The Bertz CT molecular complexity index is 323. The molecule has 19 heavy (non-hydrogen) atoms. The third-order valence-electron chi connectivity index (χ3n) is 2.28. The predicted octanol–water partition coefficient (Wildman–Crippen LogP) is -1.28. The summed E-state index contributed by atoms with van der Waals surface area (Å²) in [5, 5.41) is 41.8. The summed E-state index contributed by atoms with van der Waals surface area (Å²) in [6.07, 6.45) is -1.45. The molecule has 2 unspecified atom stereocenters. The Morgan fingerprint density at radius 2 is 1.53 bits per heavy atom. The van der Waals surface area contributed by atoms with Crippen molar-refractivity contribution in [2.24, 2.45) is 11.3 Å². The number of carbonyl (C=O) groups is 3. The summed E-state index contributed by atoms with van der Waals surface area (Å²) in [6.45, 7) is 3.46. The lowest BCUT2D eigenvalue weighted by atomic mass is 9.89. The zero-order valence-corrected chi connectivity index (χ0v) is 11.0. The maximum Gasteiger partial charge on any atom is 0.372 e. The van der Waals surface area contributed by atoms with Crippen molar-refractivity contribution < 1.29 is 39.9 Å². The third-order valence-corrected chi connectivity index (χ3v) is 2.28. The number of carboxylic acids is 2. The van der Waals surface area contributed by atoms with Gasteiger partial charge < -0.3 is 25.5 Å². The maximum atomic E-state index is 10.6. The molecule has 0 bridgehead atoms. The molecule has 0 radical (unpaired) electrons. The molecule has 0 rings (SSSR count). The van der Waals surface area contributed by atoms with Crippen LogP contribution in [0.15, 0.2) is 0 Å². The van der Waals surface area contributed by atoms with Gasteiger partial charge in [-0.15, -0.1) is 0 Å². The number of carboxylic acid groups (broad SMARTS) is 2. The van der Waals surface area contributed by atoms with Gasteiger partial charge in [-0.05, 0) is 0 Å². The topological polar surface area (TPSA) is 152 Å². The van der Waals surface area contributed by atoms with Gasteiger partial charge in [0.1, 0.15) is 0 Å². The first-order valence-corrected chi connectivity index (χ1v) is 5.41. The molecule has 0 saturated carbocycles. The van der Waals surface area contributed by atoms with Crippen LogP contribution in [0.25, 0.3) is 0 Å². The minimum Gasteiger partial charge on any atom is -0.479 e. The number of hydrogen-bond acceptors (Lipinski definition) is 6. The van der Waals surface area contributed by atoms with Gasteiger partial charge in [-0.1, -0.05) is 20.8 Å². The molecule has 0 fully saturated rings. The van der Waals surface area contributed by atoms with Gasteiger partial charge in [0.15, 0.2) is 6.10 Å². The van der Waals surface area contributed by atoms with E-state index in [-0.39, 0.29) is 6.61 Å². The smallest absolute Gasteiger partial charge is 0.372 e. The first kappa shape index (κ1) is 19.8. The van der Waals surface area contributed by atoms with E-state index in [1.807, 2.05) is 0 Å². The SMILES string of the molecule is CC(C)(CO)C(=O)C(=O)O.CC(CO)C(O)C(=O)O. The number of ketones is 1. The quantitative estimate of drug-likeness (QED) is 0.377. The minimum absolute atomic E-state index is 0.312. The van der Waals surface area contributed by atoms with Crippen LogP contribution in [0.1, 0.15) is 20.8 Å². The fourth-order valence-corrected chi connectivity index (χ4v) is 0.705. The number of aliphatic hydroxyl groups is 3. The Morgan fingerprint density at radius 1 is 1.11 bits per heavy atom. The zero-order valence-electron chi connectivity index (χ0n) is 11.0. The van der Waals surface area contributed by atoms with E-state index in [0.29, 0.717) is 0 Å². The van der Waals surface area contributed by atoms with Gasteiger partial charge in [0.2, 0.25) is 5.78 Å². The highest BCUT2D eigenvalue weighted by Gasteiger charge is 2.31. The molecule has 0 aliphatic carbocycles. The average molecular weight is 280 g/mol. The molecule has 0 aromatic heterocycles. The number of aliphatic hydroxyl groups excluding tert-OH is 3. The second-order valence-corrected chi connectivity index (χ2v) is 4.62. The lowest BCUT2D eigenvalue weighted by molar-refractivity contribution is -0.154. The lowest BCUT2D eigenvalue weighted by Crippen LogP contribution is -2.34. The minimum atomic E-state index is -1.50. The molecule has 8 heteroatoms. The number of Topliss-reactive ketones (excluding diaryl/α,β-unsaturated/α-hetero) is 1. The molecule has 0 aliphatic heterocycles. The summed E-state index contributed by atoms with van der Waals surface area (Å²) in [6, 6.07) is 0. The predicted molar refractivity (Wildman–Crippen MR) is 63.4 cm³/mol. The van der Waals surface area contributed by atoms with E-state index in [2.05, 4.69) is 0 Å². The summed E-state index contributed by atoms with van der Waals surface area (Å²) in [5.74, 6) is -4.35. The Kier molecular flexibility index (Phi) is 8.94. The van der Waals surface area contributed by atoms with Gasteiger partial charge in [-0.25, -0.2) is 9.59 Å². The summed E-state index contributed by atoms with van der Waals surface area (Å²) in [4.78, 5) is 30.6. The first-order valence-electron chi connectivity index (χ1n) is 5.41. The molecule has 0 spiro atoms. The van der Waals surface area contributed by atoms with Gasteiger partial charge in [0, 0.05) is 12.5 Å². The molecule has 0 aromatic carbocycles. The molecular weight excluding hydrogens is 260 g/mol. The monoisotopic (exact) mass is 280 g/mol. The van der Waals surface area contributed by atoms with Crippen molar-refractivity contribution in [3.05, 3.63) is 0 Å². The molecule has 0 aliphatic rings. The molecule has 0 amide bonds. The molecular formula is C11H20O8. The summed E-state index contributed by atoms with van der Waals surface area (Å²) < 4.78 is 0. The van der Waals surface area contributed by atoms with E-state index in [9.17, 15) is 14.4 Å². The van der Waals surface area contributed by atoms with Gasteiger partial charge in [-0.2, -0.15) is 0 Å². The zero-order chi connectivity index (χ0) is 15.8. The van der Waals surface area contributed by atoms with Crippen molar-refractivity contribution in [2.45, 2.75) is 26.9 Å². The molecule has 5 N–H and O–H groups in total. The fraction of sp³-hybridized carbons (Fsp3) is 0.727. The Balaban J connectivity index is 0. The van der Waals surface area contributed by atoms with Crippen LogP contribution in [0.4, 0.5) is 0 Å². The highest BCUT2D eigenvalue weighted by atomic mass is 16.4. The summed E-state index contributed by atoms with van der Waals surface area (Å²) in [5.41, 5.74) is -1.16. The second-order valence-electron chi connectivity index (χ2n) is 4.62. The van der Waals surface area contributed by atoms with E-state index < -0.39 is 41.8 Å². The number of rotatable bonds is 6. The summed E-state index contributed by atoms with van der Waals surface area (Å²) >= 11 is 0. The largest absolute Gasteiger partial charge is 0.479 e. The number of hydrogen-bond donors (Lipinski definition) is 5. The standard InChI is InChI=1S/C6H10O4.C5H10O4/c1-6(2,3-7)4(8)5(9)10;1-3(2-6)4(7)5(8)9/h7H,3H2,1-2H3,(H,9,10);3-4,6-7H,2H2,1H3,(H,8,9). The van der Waals surface area contributed by atoms with Crippen LogP contribution in [0, 0.1) is 11.3 Å². The van der Waals surface area contributed by atoms with Crippen molar-refractivity contribution in [1.82, 2.24) is 0 Å². The maximum absolute atomic E-state index is 10.6. The molecule has 0 heterocycles. The van der Waals surface area contributed by atoms with Gasteiger partial charge in [0.05, 0.1) is 12.0 Å². The highest BCUT2D eigenvalue weighted by Crippen LogP contribution is 2.14. The van der Waals surface area contributed by atoms with Crippen LogP contribution in [0.3, 0.4) is 0 Å².